The highest BCUT2D eigenvalue weighted by atomic mass is 16.5. The van der Waals surface area contributed by atoms with E-state index in [1.807, 2.05) is 40.8 Å². The smallest absolute Gasteiger partial charge is 0.341 e. The molecule has 0 saturated carbocycles. The number of esters is 2. The van der Waals surface area contributed by atoms with E-state index >= 15 is 0 Å². The van der Waals surface area contributed by atoms with Gasteiger partial charge in [0.05, 0.1) is 35.4 Å². The van der Waals surface area contributed by atoms with E-state index in [9.17, 15) is 9.59 Å². The number of carbonyl (C=O) groups is 2. The van der Waals surface area contributed by atoms with Gasteiger partial charge in [0.25, 0.3) is 0 Å². The van der Waals surface area contributed by atoms with Gasteiger partial charge in [0.1, 0.15) is 0 Å². The molecule has 0 atom stereocenters. The zero-order valence-electron chi connectivity index (χ0n) is 13.0. The second-order valence-electron chi connectivity index (χ2n) is 5.01. The minimum atomic E-state index is -0.525. The maximum Gasteiger partial charge on any atom is 0.341 e. The van der Waals surface area contributed by atoms with Gasteiger partial charge in [0.15, 0.2) is 0 Å². The molecular formula is C18H17NO4. The molecule has 0 spiro atoms. The van der Waals surface area contributed by atoms with Crippen molar-refractivity contribution in [2.24, 2.45) is 0 Å². The fraction of sp³-hybridized carbons (Fsp3) is 0.222. The maximum absolute atomic E-state index is 12.3. The Hall–Kier alpha value is -2.82. The molecule has 0 unspecified atom stereocenters. The van der Waals surface area contributed by atoms with Crippen molar-refractivity contribution < 1.29 is 19.1 Å². The highest BCUT2D eigenvalue weighted by molar-refractivity contribution is 6.09. The van der Waals surface area contributed by atoms with Gasteiger partial charge in [0, 0.05) is 6.20 Å². The average Bonchev–Trinajstić information content (AvgIpc) is 2.95. The summed E-state index contributed by atoms with van der Waals surface area (Å²) in [5.74, 6) is -1.04. The molecule has 0 aliphatic heterocycles. The molecule has 118 valence electrons. The second kappa shape index (κ2) is 6.12. The van der Waals surface area contributed by atoms with E-state index in [0.717, 1.165) is 10.9 Å². The lowest BCUT2D eigenvalue weighted by Crippen LogP contribution is -2.12. The third-order valence-corrected chi connectivity index (χ3v) is 3.64. The van der Waals surface area contributed by atoms with E-state index in [2.05, 4.69) is 0 Å². The molecule has 0 fully saturated rings. The molecule has 0 saturated heterocycles. The summed E-state index contributed by atoms with van der Waals surface area (Å²) in [6, 6.07) is 11.5. The number of para-hydroxylation sites is 1. The van der Waals surface area contributed by atoms with Gasteiger partial charge >= 0.3 is 11.9 Å². The number of benzene rings is 1. The number of carbonyl (C=O) groups excluding carboxylic acids is 2. The Bertz CT molecular complexity index is 895. The zero-order valence-corrected chi connectivity index (χ0v) is 13.0. The van der Waals surface area contributed by atoms with E-state index in [-0.39, 0.29) is 24.3 Å². The van der Waals surface area contributed by atoms with E-state index < -0.39 is 11.9 Å². The molecule has 5 nitrogen and oxygen atoms in total. The normalized spacial score (nSPS) is 10.9. The summed E-state index contributed by atoms with van der Waals surface area (Å²) in [5.41, 5.74) is 2.01. The van der Waals surface area contributed by atoms with Gasteiger partial charge in [-0.25, -0.2) is 9.59 Å². The van der Waals surface area contributed by atoms with Crippen LogP contribution >= 0.6 is 0 Å². The summed E-state index contributed by atoms with van der Waals surface area (Å²) in [4.78, 5) is 24.6. The minimum Gasteiger partial charge on any atom is -0.462 e. The van der Waals surface area contributed by atoms with E-state index in [0.29, 0.717) is 5.52 Å². The van der Waals surface area contributed by atoms with Crippen LogP contribution in [0.25, 0.3) is 16.4 Å². The molecule has 3 aromatic rings. The lowest BCUT2D eigenvalue weighted by molar-refractivity contribution is 0.0482. The number of hydrogen-bond donors (Lipinski definition) is 0. The van der Waals surface area contributed by atoms with Gasteiger partial charge in [-0.15, -0.1) is 0 Å². The summed E-state index contributed by atoms with van der Waals surface area (Å²) < 4.78 is 12.0. The Morgan fingerprint density at radius 2 is 1.61 bits per heavy atom. The molecule has 0 aliphatic rings. The molecule has 0 radical (unpaired) electrons. The van der Waals surface area contributed by atoms with Gasteiger partial charge < -0.3 is 13.9 Å². The summed E-state index contributed by atoms with van der Waals surface area (Å²) in [5, 5.41) is 1.01. The quantitative estimate of drug-likeness (QED) is 0.693. The third kappa shape index (κ3) is 2.54. The molecule has 23 heavy (non-hydrogen) atoms. The van der Waals surface area contributed by atoms with Crippen LogP contribution in [0, 0.1) is 0 Å². The van der Waals surface area contributed by atoms with Crippen LogP contribution in [0.1, 0.15) is 34.6 Å². The molecule has 0 N–H and O–H groups in total. The summed E-state index contributed by atoms with van der Waals surface area (Å²) >= 11 is 0. The van der Waals surface area contributed by atoms with Crippen LogP contribution < -0.4 is 0 Å². The Kier molecular flexibility index (Phi) is 4.02. The van der Waals surface area contributed by atoms with Crippen molar-refractivity contribution in [1.82, 2.24) is 4.40 Å². The lowest BCUT2D eigenvalue weighted by Gasteiger charge is -2.05. The first kappa shape index (κ1) is 15.1. The van der Waals surface area contributed by atoms with E-state index in [4.69, 9.17) is 9.47 Å². The van der Waals surface area contributed by atoms with Crippen LogP contribution in [0.2, 0.25) is 0 Å². The lowest BCUT2D eigenvalue weighted by atomic mass is 10.1. The second-order valence-corrected chi connectivity index (χ2v) is 5.01. The van der Waals surface area contributed by atoms with Crippen LogP contribution in [-0.4, -0.2) is 29.6 Å². The average molecular weight is 311 g/mol. The fourth-order valence-corrected chi connectivity index (χ4v) is 2.68. The third-order valence-electron chi connectivity index (χ3n) is 3.64. The first-order valence-electron chi connectivity index (χ1n) is 7.54. The van der Waals surface area contributed by atoms with Crippen molar-refractivity contribution in [3.05, 3.63) is 53.7 Å². The number of aromatic nitrogens is 1. The number of pyridine rings is 1. The van der Waals surface area contributed by atoms with Crippen molar-refractivity contribution in [2.45, 2.75) is 13.8 Å². The first-order chi connectivity index (χ1) is 11.2. The highest BCUT2D eigenvalue weighted by Crippen LogP contribution is 2.25. The van der Waals surface area contributed by atoms with Crippen LogP contribution in [0.15, 0.2) is 42.6 Å². The standard InChI is InChI=1S/C18H17NO4/c1-3-22-17(20)13-11-19-14-8-6-5-7-12(14)9-10-15(19)16(13)18(21)23-4-2/h5-11H,3-4H2,1-2H3. The number of rotatable bonds is 4. The van der Waals surface area contributed by atoms with Crippen molar-refractivity contribution in [3.8, 4) is 0 Å². The predicted octanol–water partition coefficient (Wildman–Crippen LogP) is 3.45. The molecular weight excluding hydrogens is 294 g/mol. The zero-order chi connectivity index (χ0) is 16.4. The highest BCUT2D eigenvalue weighted by Gasteiger charge is 2.25. The molecule has 3 rings (SSSR count). The predicted molar refractivity (Wildman–Crippen MR) is 86.8 cm³/mol. The largest absolute Gasteiger partial charge is 0.462 e. The molecule has 5 heteroatoms. The Balaban J connectivity index is 2.31. The van der Waals surface area contributed by atoms with E-state index in [1.165, 1.54) is 0 Å². The van der Waals surface area contributed by atoms with Crippen LogP contribution in [0.4, 0.5) is 0 Å². The molecule has 0 bridgehead atoms. The maximum atomic E-state index is 12.3. The summed E-state index contributed by atoms with van der Waals surface area (Å²) in [7, 11) is 0. The molecule has 2 aromatic heterocycles. The van der Waals surface area contributed by atoms with Crippen LogP contribution in [0.3, 0.4) is 0 Å². The van der Waals surface area contributed by atoms with Gasteiger partial charge in [-0.1, -0.05) is 24.3 Å². The van der Waals surface area contributed by atoms with Crippen molar-refractivity contribution in [1.29, 1.82) is 0 Å². The van der Waals surface area contributed by atoms with Crippen LogP contribution in [-0.2, 0) is 9.47 Å². The topological polar surface area (TPSA) is 57.0 Å². The minimum absolute atomic E-state index is 0.224. The van der Waals surface area contributed by atoms with Crippen molar-refractivity contribution in [2.75, 3.05) is 13.2 Å². The van der Waals surface area contributed by atoms with Crippen molar-refractivity contribution in [3.63, 3.8) is 0 Å². The fourth-order valence-electron chi connectivity index (χ4n) is 2.68. The molecule has 0 amide bonds. The van der Waals surface area contributed by atoms with E-state index in [1.54, 1.807) is 20.0 Å². The van der Waals surface area contributed by atoms with Crippen molar-refractivity contribution >= 4 is 28.4 Å². The van der Waals surface area contributed by atoms with Gasteiger partial charge in [-0.05, 0) is 31.4 Å². The molecule has 2 heterocycles. The number of fused-ring (bicyclic) bond motifs is 3. The SMILES string of the molecule is CCOC(=O)c1cn2c(ccc3ccccc32)c1C(=O)OCC. The molecule has 0 aliphatic carbocycles. The van der Waals surface area contributed by atoms with Gasteiger partial charge in [-0.3, -0.25) is 0 Å². The number of nitrogens with zero attached hydrogens (tertiary/aromatic N) is 1. The van der Waals surface area contributed by atoms with Crippen LogP contribution in [0.5, 0.6) is 0 Å². The number of hydrogen-bond acceptors (Lipinski definition) is 4. The molecule has 1 aromatic carbocycles. The Morgan fingerprint density at radius 3 is 2.35 bits per heavy atom. The Labute approximate surface area is 133 Å². The first-order valence-corrected chi connectivity index (χ1v) is 7.54. The van der Waals surface area contributed by atoms with Gasteiger partial charge in [-0.2, -0.15) is 0 Å². The number of ether oxygens (including phenoxy) is 2. The monoisotopic (exact) mass is 311 g/mol. The summed E-state index contributed by atoms with van der Waals surface area (Å²) in [6.45, 7) is 3.95. The Morgan fingerprint density at radius 1 is 0.913 bits per heavy atom. The summed E-state index contributed by atoms with van der Waals surface area (Å²) in [6.07, 6.45) is 1.64. The van der Waals surface area contributed by atoms with Gasteiger partial charge in [0.2, 0.25) is 0 Å².